The number of ether oxygens (including phenoxy) is 1. The summed E-state index contributed by atoms with van der Waals surface area (Å²) in [5, 5.41) is 3.65. The van der Waals surface area contributed by atoms with Gasteiger partial charge in [0.1, 0.15) is 36.7 Å². The molecule has 0 amide bonds. The van der Waals surface area contributed by atoms with Gasteiger partial charge in [-0.05, 0) is 12.1 Å². The van der Waals surface area contributed by atoms with Gasteiger partial charge in [-0.1, -0.05) is 0 Å². The quantitative estimate of drug-likeness (QED) is 0.717. The van der Waals surface area contributed by atoms with Crippen LogP contribution in [0, 0.1) is 0 Å². The minimum Gasteiger partial charge on any atom is -0.491 e. The molecule has 1 aliphatic heterocycles. The fourth-order valence-electron chi connectivity index (χ4n) is 2.75. The highest BCUT2D eigenvalue weighted by Crippen LogP contribution is 2.35. The number of hydrogen-bond acceptors (Lipinski definition) is 5. The Kier molecular flexibility index (Phi) is 3.41. The number of halogens is 3. The Balaban J connectivity index is 1.79. The molecule has 0 atom stereocenters. The van der Waals surface area contributed by atoms with E-state index >= 15 is 0 Å². The van der Waals surface area contributed by atoms with Gasteiger partial charge in [0.05, 0.1) is 12.1 Å². The molecule has 2 aromatic heterocycles. The van der Waals surface area contributed by atoms with Crippen molar-refractivity contribution in [2.24, 2.45) is 0 Å². The zero-order valence-electron chi connectivity index (χ0n) is 12.9. The number of fused-ring (bicyclic) bond motifs is 3. The topological polar surface area (TPSA) is 83.8 Å². The predicted octanol–water partition coefficient (Wildman–Crippen LogP) is 2.35. The first-order valence-electron chi connectivity index (χ1n) is 7.45. The van der Waals surface area contributed by atoms with E-state index in [-0.39, 0.29) is 5.82 Å². The van der Waals surface area contributed by atoms with Gasteiger partial charge in [0.2, 0.25) is 0 Å². The molecular weight excluding hydrogens is 337 g/mol. The normalized spacial score (nSPS) is 13.7. The summed E-state index contributed by atoms with van der Waals surface area (Å²) in [6, 6.07) is 5.20. The first kappa shape index (κ1) is 15.5. The smallest absolute Gasteiger partial charge is 0.408 e. The Hall–Kier alpha value is -3.04. The summed E-state index contributed by atoms with van der Waals surface area (Å²) in [6.07, 6.45) is -1.65. The van der Waals surface area contributed by atoms with Crippen molar-refractivity contribution in [1.82, 2.24) is 24.3 Å². The number of aromatic nitrogens is 5. The standard InChI is InChI=1S/C15H13F3N6O/c16-15(17,18)7-24-14(20-8-21-24)11-6-23-3-4-25-12-5-9(19)1-2-10(12)13(23)22-11/h1-2,5-6,8H,3-4,7,19H2. The summed E-state index contributed by atoms with van der Waals surface area (Å²) in [6.45, 7) is -0.320. The highest BCUT2D eigenvalue weighted by molar-refractivity contribution is 5.70. The largest absolute Gasteiger partial charge is 0.491 e. The molecule has 0 saturated heterocycles. The van der Waals surface area contributed by atoms with Crippen LogP contribution in [0.25, 0.3) is 22.9 Å². The van der Waals surface area contributed by atoms with Crippen molar-refractivity contribution >= 4 is 5.69 Å². The van der Waals surface area contributed by atoms with E-state index in [2.05, 4.69) is 15.1 Å². The van der Waals surface area contributed by atoms with E-state index in [9.17, 15) is 13.2 Å². The molecule has 2 N–H and O–H groups in total. The second kappa shape index (κ2) is 5.50. The van der Waals surface area contributed by atoms with Crippen LogP contribution in [0.4, 0.5) is 18.9 Å². The summed E-state index contributed by atoms with van der Waals surface area (Å²) < 4.78 is 46.3. The van der Waals surface area contributed by atoms with Gasteiger partial charge < -0.3 is 15.0 Å². The minimum absolute atomic E-state index is 0.0656. The van der Waals surface area contributed by atoms with E-state index in [1.807, 2.05) is 4.57 Å². The summed E-state index contributed by atoms with van der Waals surface area (Å²) in [5.41, 5.74) is 7.38. The van der Waals surface area contributed by atoms with Gasteiger partial charge in [-0.15, -0.1) is 0 Å². The van der Waals surface area contributed by atoms with Crippen LogP contribution in [0.15, 0.2) is 30.7 Å². The van der Waals surface area contributed by atoms with Crippen LogP contribution in [0.3, 0.4) is 0 Å². The lowest BCUT2D eigenvalue weighted by atomic mass is 10.1. The maximum absolute atomic E-state index is 12.7. The van der Waals surface area contributed by atoms with E-state index in [0.29, 0.717) is 36.1 Å². The number of hydrogen-bond donors (Lipinski definition) is 1. The Morgan fingerprint density at radius 1 is 1.24 bits per heavy atom. The van der Waals surface area contributed by atoms with E-state index in [0.717, 1.165) is 16.6 Å². The Morgan fingerprint density at radius 3 is 2.88 bits per heavy atom. The van der Waals surface area contributed by atoms with E-state index in [4.69, 9.17) is 10.5 Å². The number of benzene rings is 1. The number of alkyl halides is 3. The molecule has 0 bridgehead atoms. The van der Waals surface area contributed by atoms with Crippen molar-refractivity contribution in [2.45, 2.75) is 19.3 Å². The van der Waals surface area contributed by atoms with Crippen LogP contribution in [0.5, 0.6) is 5.75 Å². The molecule has 0 saturated carbocycles. The zero-order valence-corrected chi connectivity index (χ0v) is 12.9. The molecule has 25 heavy (non-hydrogen) atoms. The third kappa shape index (κ3) is 2.90. The average Bonchev–Trinajstić information content (AvgIpc) is 3.09. The molecule has 0 aliphatic carbocycles. The van der Waals surface area contributed by atoms with Gasteiger partial charge in [-0.2, -0.15) is 18.3 Å². The van der Waals surface area contributed by atoms with Crippen LogP contribution >= 0.6 is 0 Å². The number of rotatable bonds is 2. The molecular formula is C15H13F3N6O. The monoisotopic (exact) mass is 350 g/mol. The number of imidazole rings is 1. The van der Waals surface area contributed by atoms with Crippen LogP contribution in [0.1, 0.15) is 0 Å². The molecule has 0 spiro atoms. The summed E-state index contributed by atoms with van der Waals surface area (Å²) in [5.74, 6) is 1.24. The van der Waals surface area contributed by atoms with Crippen molar-refractivity contribution in [3.05, 3.63) is 30.7 Å². The average molecular weight is 350 g/mol. The summed E-state index contributed by atoms with van der Waals surface area (Å²) in [7, 11) is 0. The van der Waals surface area contributed by atoms with Crippen LogP contribution in [-0.2, 0) is 13.1 Å². The highest BCUT2D eigenvalue weighted by Gasteiger charge is 2.31. The van der Waals surface area contributed by atoms with Gasteiger partial charge in [0, 0.05) is 18.0 Å². The molecule has 7 nitrogen and oxygen atoms in total. The molecule has 10 heteroatoms. The number of nitrogens with two attached hydrogens (primary N) is 1. The summed E-state index contributed by atoms with van der Waals surface area (Å²) in [4.78, 5) is 8.40. The van der Waals surface area contributed by atoms with Crippen molar-refractivity contribution in [3.63, 3.8) is 0 Å². The van der Waals surface area contributed by atoms with Crippen LogP contribution in [-0.4, -0.2) is 37.1 Å². The lowest BCUT2D eigenvalue weighted by molar-refractivity contribution is -0.142. The zero-order chi connectivity index (χ0) is 17.6. The SMILES string of the molecule is Nc1ccc2c(c1)OCCn1cc(-c3ncnn3CC(F)(F)F)nc1-2. The molecule has 3 heterocycles. The molecule has 4 rings (SSSR count). The first-order chi connectivity index (χ1) is 11.9. The third-order valence-electron chi connectivity index (χ3n) is 3.79. The first-order valence-corrected chi connectivity index (χ1v) is 7.45. The molecule has 0 fully saturated rings. The second-order valence-corrected chi connectivity index (χ2v) is 5.60. The van der Waals surface area contributed by atoms with Crippen LogP contribution < -0.4 is 10.5 Å². The molecule has 1 aromatic carbocycles. The maximum atomic E-state index is 12.7. The van der Waals surface area contributed by atoms with Crippen molar-refractivity contribution < 1.29 is 17.9 Å². The van der Waals surface area contributed by atoms with Crippen molar-refractivity contribution in [1.29, 1.82) is 0 Å². The van der Waals surface area contributed by atoms with E-state index in [1.165, 1.54) is 0 Å². The van der Waals surface area contributed by atoms with Crippen molar-refractivity contribution in [2.75, 3.05) is 12.3 Å². The number of nitrogen functional groups attached to an aromatic ring is 1. The van der Waals surface area contributed by atoms with Gasteiger partial charge in [0.15, 0.2) is 5.82 Å². The van der Waals surface area contributed by atoms with E-state index < -0.39 is 12.7 Å². The molecule has 3 aromatic rings. The highest BCUT2D eigenvalue weighted by atomic mass is 19.4. The Labute approximate surface area is 139 Å². The lowest BCUT2D eigenvalue weighted by Gasteiger charge is -2.08. The van der Waals surface area contributed by atoms with E-state index in [1.54, 1.807) is 24.4 Å². The fourth-order valence-corrected chi connectivity index (χ4v) is 2.75. The molecule has 1 aliphatic rings. The lowest BCUT2D eigenvalue weighted by Crippen LogP contribution is -2.19. The van der Waals surface area contributed by atoms with Gasteiger partial charge in [-0.3, -0.25) is 0 Å². The van der Waals surface area contributed by atoms with Gasteiger partial charge in [0.25, 0.3) is 0 Å². The molecule has 130 valence electrons. The summed E-state index contributed by atoms with van der Waals surface area (Å²) >= 11 is 0. The fraction of sp³-hybridized carbons (Fsp3) is 0.267. The van der Waals surface area contributed by atoms with Crippen molar-refractivity contribution in [3.8, 4) is 28.7 Å². The Bertz CT molecular complexity index is 930. The van der Waals surface area contributed by atoms with Gasteiger partial charge in [-0.25, -0.2) is 14.6 Å². The third-order valence-corrected chi connectivity index (χ3v) is 3.79. The number of anilines is 1. The van der Waals surface area contributed by atoms with Gasteiger partial charge >= 0.3 is 6.18 Å². The second-order valence-electron chi connectivity index (χ2n) is 5.60. The predicted molar refractivity (Wildman–Crippen MR) is 82.6 cm³/mol. The number of nitrogens with zero attached hydrogens (tertiary/aromatic N) is 5. The minimum atomic E-state index is -4.39. The molecule has 0 radical (unpaired) electrons. The molecule has 0 unspecified atom stereocenters. The Morgan fingerprint density at radius 2 is 2.08 bits per heavy atom. The van der Waals surface area contributed by atoms with Crippen LogP contribution in [0.2, 0.25) is 0 Å². The maximum Gasteiger partial charge on any atom is 0.408 e.